The first-order chi connectivity index (χ1) is 23.8. The topological polar surface area (TPSA) is 138 Å². The summed E-state index contributed by atoms with van der Waals surface area (Å²) in [6.45, 7) is 1.93. The van der Waals surface area contributed by atoms with Gasteiger partial charge in [0.25, 0.3) is 0 Å². The first-order valence-electron chi connectivity index (χ1n) is 16.8. The van der Waals surface area contributed by atoms with E-state index in [2.05, 4.69) is 18.8 Å². The van der Waals surface area contributed by atoms with E-state index in [0.29, 0.717) is 28.5 Å². The summed E-state index contributed by atoms with van der Waals surface area (Å²) in [4.78, 5) is 0. The van der Waals surface area contributed by atoms with Crippen molar-refractivity contribution < 1.29 is 44.5 Å². The molecule has 0 saturated carbocycles. The summed E-state index contributed by atoms with van der Waals surface area (Å²) in [6, 6.07) is 8.89. The Kier molecular flexibility index (Phi) is 9.79. The van der Waals surface area contributed by atoms with Gasteiger partial charge in [-0.3, -0.25) is 0 Å². The molecule has 3 aromatic carbocycles. The largest absolute Gasteiger partial charge is 0.508 e. The normalized spacial score (nSPS) is 26.8. The highest BCUT2D eigenvalue weighted by Crippen LogP contribution is 2.61. The number of ether oxygens (including phenoxy) is 4. The summed E-state index contributed by atoms with van der Waals surface area (Å²) >= 11 is 0. The minimum absolute atomic E-state index is 0.0377. The fourth-order valence-electron chi connectivity index (χ4n) is 8.15. The fraction of sp³-hybridized carbons (Fsp3) is 0.474. The predicted octanol–water partition coefficient (Wildman–Crippen LogP) is 6.03. The van der Waals surface area contributed by atoms with Gasteiger partial charge in [-0.2, -0.15) is 0 Å². The zero-order chi connectivity index (χ0) is 34.4. The van der Waals surface area contributed by atoms with Crippen LogP contribution in [0.15, 0.2) is 30.3 Å². The zero-order valence-corrected chi connectivity index (χ0v) is 29.4. The SMILES string of the molecule is COc1cc2c(c(OC)c1O)CC#CC1SSCCC(C)CCC3c4cc(O)ccc4-c4c(OCCO)cc5c(c4C3CO)C1C(O)C2O5. The summed E-state index contributed by atoms with van der Waals surface area (Å²) in [5, 5.41) is 55.1. The highest BCUT2D eigenvalue weighted by atomic mass is 33.1. The molecular weight excluding hydrogens is 665 g/mol. The number of phenolic OH excluding ortho intramolecular Hbond substituents is 2. The second-order valence-corrected chi connectivity index (χ2v) is 15.8. The maximum atomic E-state index is 12.6. The Labute approximate surface area is 294 Å². The average Bonchev–Trinajstić information content (AvgIpc) is 3.13. The smallest absolute Gasteiger partial charge is 0.201 e. The van der Waals surface area contributed by atoms with Crippen LogP contribution in [0.25, 0.3) is 11.1 Å². The molecule has 7 atom stereocenters. The van der Waals surface area contributed by atoms with Crippen LogP contribution in [0.1, 0.15) is 77.9 Å². The van der Waals surface area contributed by atoms with Crippen molar-refractivity contribution in [3.63, 3.8) is 0 Å². The third-order valence-corrected chi connectivity index (χ3v) is 13.2. The molecular formula is C38H42O9S2. The van der Waals surface area contributed by atoms with E-state index in [9.17, 15) is 25.5 Å². The lowest BCUT2D eigenvalue weighted by Gasteiger charge is -2.44. The third-order valence-electron chi connectivity index (χ3n) is 10.5. The van der Waals surface area contributed by atoms with Crippen molar-refractivity contribution in [3.8, 4) is 57.5 Å². The van der Waals surface area contributed by atoms with Crippen LogP contribution in [0.4, 0.5) is 0 Å². The van der Waals surface area contributed by atoms with E-state index in [1.54, 1.807) is 39.8 Å². The van der Waals surface area contributed by atoms with Crippen molar-refractivity contribution in [2.24, 2.45) is 5.92 Å². The Hall–Kier alpha value is -3.40. The second kappa shape index (κ2) is 14.1. The molecule has 49 heavy (non-hydrogen) atoms. The minimum Gasteiger partial charge on any atom is -0.508 e. The molecule has 7 rings (SSSR count). The average molecular weight is 707 g/mol. The number of rotatable bonds is 6. The quantitative estimate of drug-likeness (QED) is 0.152. The van der Waals surface area contributed by atoms with Crippen LogP contribution in [0.2, 0.25) is 0 Å². The molecule has 7 unspecified atom stereocenters. The molecule has 0 radical (unpaired) electrons. The number of methoxy groups -OCH3 is 2. The fourth-order valence-corrected chi connectivity index (χ4v) is 11.0. The Morgan fingerprint density at radius 3 is 2.57 bits per heavy atom. The van der Waals surface area contributed by atoms with Gasteiger partial charge < -0.3 is 44.5 Å². The van der Waals surface area contributed by atoms with Gasteiger partial charge >= 0.3 is 0 Å². The van der Waals surface area contributed by atoms with Gasteiger partial charge in [-0.25, -0.2) is 0 Å². The predicted molar refractivity (Wildman–Crippen MR) is 190 cm³/mol. The molecule has 9 nitrogen and oxygen atoms in total. The molecule has 0 saturated heterocycles. The molecule has 2 aliphatic carbocycles. The van der Waals surface area contributed by atoms with E-state index in [1.807, 2.05) is 12.1 Å². The number of aliphatic hydroxyl groups is 3. The minimum atomic E-state index is -1.08. The lowest BCUT2D eigenvalue weighted by Crippen LogP contribution is -2.40. The standard InChI is InChI=1S/C38H42O9S2/c1-19-7-9-21-24-15-20(41)8-10-22(24)31-27(46-13-12-39)17-28-33(32(31)26(21)18-40)34-30(49-48-14-11-19)6-4-5-23-25(38(47-28)36(34)43)16-29(44-2)35(42)37(23)45-3/h8,10,15-17,19,21,26,30,34,36,38-43H,5,7,9,11-14,18H2,1-3H3. The summed E-state index contributed by atoms with van der Waals surface area (Å²) in [5.41, 5.74) is 5.45. The second-order valence-electron chi connectivity index (χ2n) is 13.2. The van der Waals surface area contributed by atoms with E-state index in [0.717, 1.165) is 52.8 Å². The number of aliphatic hydroxyl groups excluding tert-OH is 3. The Bertz CT molecular complexity index is 1800. The Morgan fingerprint density at radius 1 is 0.980 bits per heavy atom. The van der Waals surface area contributed by atoms with Crippen molar-refractivity contribution in [3.05, 3.63) is 58.1 Å². The van der Waals surface area contributed by atoms with Crippen LogP contribution < -0.4 is 18.9 Å². The Morgan fingerprint density at radius 2 is 1.82 bits per heavy atom. The highest BCUT2D eigenvalue weighted by Gasteiger charge is 2.49. The number of benzene rings is 3. The van der Waals surface area contributed by atoms with Crippen LogP contribution in [-0.4, -0.2) is 76.7 Å². The van der Waals surface area contributed by atoms with E-state index in [-0.39, 0.29) is 66.3 Å². The highest BCUT2D eigenvalue weighted by molar-refractivity contribution is 8.77. The molecule has 4 bridgehead atoms. The first kappa shape index (κ1) is 34.1. The molecule has 3 aromatic rings. The van der Waals surface area contributed by atoms with Crippen molar-refractivity contribution in [1.29, 1.82) is 0 Å². The molecule has 2 aliphatic heterocycles. The molecule has 4 aliphatic rings. The van der Waals surface area contributed by atoms with Gasteiger partial charge in [-0.1, -0.05) is 52.8 Å². The van der Waals surface area contributed by atoms with Crippen molar-refractivity contribution in [2.75, 3.05) is 39.8 Å². The number of fused-ring (bicyclic) bond motifs is 7. The molecule has 11 heteroatoms. The van der Waals surface area contributed by atoms with Gasteiger partial charge in [0, 0.05) is 52.3 Å². The van der Waals surface area contributed by atoms with Crippen LogP contribution in [0.5, 0.6) is 34.5 Å². The lowest BCUT2D eigenvalue weighted by atomic mass is 9.65. The number of hydrogen-bond donors (Lipinski definition) is 5. The monoisotopic (exact) mass is 706 g/mol. The van der Waals surface area contributed by atoms with E-state index < -0.39 is 18.1 Å². The number of phenols is 2. The first-order valence-corrected chi connectivity index (χ1v) is 19.2. The van der Waals surface area contributed by atoms with Gasteiger partial charge in [0.1, 0.15) is 30.0 Å². The summed E-state index contributed by atoms with van der Waals surface area (Å²) in [7, 11) is 6.36. The number of hydrogen-bond acceptors (Lipinski definition) is 11. The molecule has 0 aromatic heterocycles. The van der Waals surface area contributed by atoms with E-state index >= 15 is 0 Å². The molecule has 5 N–H and O–H groups in total. The van der Waals surface area contributed by atoms with Gasteiger partial charge in [-0.15, -0.1) is 0 Å². The van der Waals surface area contributed by atoms with Gasteiger partial charge in [0.2, 0.25) is 5.75 Å². The maximum absolute atomic E-state index is 12.6. The molecule has 0 fully saturated rings. The van der Waals surface area contributed by atoms with Gasteiger partial charge in [0.05, 0.1) is 32.7 Å². The van der Waals surface area contributed by atoms with Gasteiger partial charge in [-0.05, 0) is 59.6 Å². The Balaban J connectivity index is 1.55. The lowest BCUT2D eigenvalue weighted by molar-refractivity contribution is 0.000580. The van der Waals surface area contributed by atoms with E-state index in [4.69, 9.17) is 18.9 Å². The van der Waals surface area contributed by atoms with Gasteiger partial charge in [0.15, 0.2) is 17.6 Å². The summed E-state index contributed by atoms with van der Waals surface area (Å²) in [6.07, 6.45) is 1.04. The van der Waals surface area contributed by atoms with Crippen LogP contribution in [0.3, 0.4) is 0 Å². The maximum Gasteiger partial charge on any atom is 0.201 e. The summed E-state index contributed by atoms with van der Waals surface area (Å²) in [5.74, 6) is 8.58. The molecule has 260 valence electrons. The molecule has 0 spiro atoms. The third kappa shape index (κ3) is 5.85. The zero-order valence-electron chi connectivity index (χ0n) is 27.8. The van der Waals surface area contributed by atoms with E-state index in [1.165, 1.54) is 14.2 Å². The molecule has 2 heterocycles. The van der Waals surface area contributed by atoms with Crippen LogP contribution in [0, 0.1) is 17.8 Å². The number of aromatic hydroxyl groups is 2. The summed E-state index contributed by atoms with van der Waals surface area (Å²) < 4.78 is 24.3. The van der Waals surface area contributed by atoms with Crippen molar-refractivity contribution >= 4 is 21.6 Å². The van der Waals surface area contributed by atoms with Crippen molar-refractivity contribution in [2.45, 2.75) is 67.8 Å². The molecule has 0 amide bonds. The van der Waals surface area contributed by atoms with Crippen LogP contribution in [-0.2, 0) is 6.42 Å². The van der Waals surface area contributed by atoms with Crippen molar-refractivity contribution in [1.82, 2.24) is 0 Å². The van der Waals surface area contributed by atoms with Crippen LogP contribution >= 0.6 is 21.6 Å².